The molecular weight excluding hydrogens is 449 g/mol. The maximum absolute atomic E-state index is 13.1. The summed E-state index contributed by atoms with van der Waals surface area (Å²) in [4.78, 5) is 17.2. The number of hydrogen-bond donors (Lipinski definition) is 0. The summed E-state index contributed by atoms with van der Waals surface area (Å²) in [6.07, 6.45) is 0.667. The lowest BCUT2D eigenvalue weighted by atomic mass is 10.1. The number of halogens is 3. The fourth-order valence-corrected chi connectivity index (χ4v) is 3.63. The van der Waals surface area contributed by atoms with E-state index in [1.165, 1.54) is 23.8 Å². The van der Waals surface area contributed by atoms with Crippen LogP contribution in [0.3, 0.4) is 0 Å². The van der Waals surface area contributed by atoms with E-state index in [4.69, 9.17) is 4.74 Å². The van der Waals surface area contributed by atoms with Crippen LogP contribution >= 0.6 is 0 Å². The van der Waals surface area contributed by atoms with Gasteiger partial charge in [0.1, 0.15) is 0 Å². The molecule has 5 aromatic rings. The van der Waals surface area contributed by atoms with Crippen molar-refractivity contribution in [1.82, 2.24) is 29.1 Å². The van der Waals surface area contributed by atoms with Crippen LogP contribution in [-0.2, 0) is 12.7 Å². The second-order valence-electron chi connectivity index (χ2n) is 7.49. The average molecular weight is 466 g/mol. The Bertz CT molecular complexity index is 1540. The first-order valence-corrected chi connectivity index (χ1v) is 10.1. The topological polar surface area (TPSA) is 79.8 Å². The predicted molar refractivity (Wildman–Crippen MR) is 117 cm³/mol. The van der Waals surface area contributed by atoms with Crippen LogP contribution in [0.5, 0.6) is 6.01 Å². The van der Waals surface area contributed by atoms with Crippen LogP contribution < -0.4 is 10.4 Å². The third-order valence-corrected chi connectivity index (χ3v) is 5.25. The van der Waals surface area contributed by atoms with Gasteiger partial charge < -0.3 is 4.74 Å². The number of benzene rings is 2. The Balaban J connectivity index is 1.52. The highest BCUT2D eigenvalue weighted by Crippen LogP contribution is 2.30. The van der Waals surface area contributed by atoms with E-state index in [1.54, 1.807) is 47.5 Å². The van der Waals surface area contributed by atoms with E-state index in [0.717, 1.165) is 27.9 Å². The molecule has 0 aliphatic heterocycles. The lowest BCUT2D eigenvalue weighted by Gasteiger charge is -2.09. The summed E-state index contributed by atoms with van der Waals surface area (Å²) in [6.45, 7) is -0.132. The van der Waals surface area contributed by atoms with Crippen LogP contribution in [0.2, 0.25) is 0 Å². The number of rotatable bonds is 5. The second kappa shape index (κ2) is 8.18. The molecule has 8 nitrogen and oxygen atoms in total. The first-order valence-electron chi connectivity index (χ1n) is 10.1. The molecule has 0 saturated carbocycles. The fourth-order valence-electron chi connectivity index (χ4n) is 3.63. The van der Waals surface area contributed by atoms with Crippen molar-refractivity contribution in [2.75, 3.05) is 7.11 Å². The molecule has 0 aliphatic rings. The maximum Gasteiger partial charge on any atom is 0.416 e. The van der Waals surface area contributed by atoms with Gasteiger partial charge >= 0.3 is 17.9 Å². The van der Waals surface area contributed by atoms with Crippen LogP contribution in [0.1, 0.15) is 11.1 Å². The number of hydrogen-bond acceptors (Lipinski definition) is 5. The molecule has 2 aromatic carbocycles. The summed E-state index contributed by atoms with van der Waals surface area (Å²) >= 11 is 0. The molecule has 0 unspecified atom stereocenters. The standard InChI is InChI=1S/C23H17F3N6O2/c1-34-21-29-32(22(33)30(21)13-15-4-2-5-17(10-15)23(24,25)26)18-7-8-20-16(11-18)14-31(28-20)19-6-3-9-27-12-19/h2-12,14H,13H2,1H3. The zero-order valence-electron chi connectivity index (χ0n) is 17.8. The Hall–Kier alpha value is -4.41. The maximum atomic E-state index is 13.1. The number of alkyl halides is 3. The number of aromatic nitrogens is 6. The molecule has 3 heterocycles. The highest BCUT2D eigenvalue weighted by atomic mass is 19.4. The number of pyridine rings is 1. The number of ether oxygens (including phenoxy) is 1. The van der Waals surface area contributed by atoms with E-state index in [2.05, 4.69) is 15.2 Å². The molecular formula is C23H17F3N6O2. The molecule has 0 aliphatic carbocycles. The fraction of sp³-hybridized carbons (Fsp3) is 0.130. The molecule has 0 spiro atoms. The summed E-state index contributed by atoms with van der Waals surface area (Å²) in [7, 11) is 1.34. The van der Waals surface area contributed by atoms with E-state index in [-0.39, 0.29) is 12.6 Å². The minimum Gasteiger partial charge on any atom is -0.467 e. The molecule has 0 atom stereocenters. The van der Waals surface area contributed by atoms with Crippen molar-refractivity contribution in [2.45, 2.75) is 12.7 Å². The van der Waals surface area contributed by atoms with Gasteiger partial charge in [0.05, 0.1) is 42.3 Å². The summed E-state index contributed by atoms with van der Waals surface area (Å²) in [5.74, 6) is 0. The van der Waals surface area contributed by atoms with Crippen LogP contribution in [0.15, 0.2) is 78.0 Å². The minimum atomic E-state index is -4.48. The molecule has 0 saturated heterocycles. The van der Waals surface area contributed by atoms with Crippen LogP contribution in [0.25, 0.3) is 22.3 Å². The SMILES string of the molecule is COc1nn(-c2ccc3nn(-c4cccnc4)cc3c2)c(=O)n1Cc1cccc(C(F)(F)F)c1. The lowest BCUT2D eigenvalue weighted by molar-refractivity contribution is -0.137. The summed E-state index contributed by atoms with van der Waals surface area (Å²) < 4.78 is 48.5. The van der Waals surface area contributed by atoms with Gasteiger partial charge in [-0.25, -0.2) is 14.0 Å². The number of methoxy groups -OCH3 is 1. The summed E-state index contributed by atoms with van der Waals surface area (Å²) in [6, 6.07) is 13.6. The van der Waals surface area contributed by atoms with Crippen molar-refractivity contribution in [1.29, 1.82) is 0 Å². The van der Waals surface area contributed by atoms with Crippen molar-refractivity contribution in [3.63, 3.8) is 0 Å². The molecule has 0 amide bonds. The lowest BCUT2D eigenvalue weighted by Crippen LogP contribution is -2.24. The van der Waals surface area contributed by atoms with Gasteiger partial charge in [0, 0.05) is 17.8 Å². The Morgan fingerprint density at radius 1 is 1.00 bits per heavy atom. The summed E-state index contributed by atoms with van der Waals surface area (Å²) in [5.41, 5.74) is 0.904. The molecule has 172 valence electrons. The normalized spacial score (nSPS) is 11.8. The van der Waals surface area contributed by atoms with E-state index in [9.17, 15) is 18.0 Å². The van der Waals surface area contributed by atoms with E-state index in [1.807, 2.05) is 6.07 Å². The number of fused-ring (bicyclic) bond motifs is 1. The van der Waals surface area contributed by atoms with Crippen molar-refractivity contribution in [2.24, 2.45) is 0 Å². The molecule has 5 rings (SSSR count). The molecule has 34 heavy (non-hydrogen) atoms. The van der Waals surface area contributed by atoms with E-state index in [0.29, 0.717) is 16.8 Å². The van der Waals surface area contributed by atoms with Crippen LogP contribution in [-0.4, -0.2) is 36.2 Å². The Kier molecular flexibility index (Phi) is 5.16. The number of nitrogens with zero attached hydrogens (tertiary/aromatic N) is 6. The second-order valence-corrected chi connectivity index (χ2v) is 7.49. The zero-order valence-corrected chi connectivity index (χ0v) is 17.8. The van der Waals surface area contributed by atoms with Gasteiger partial charge in [-0.3, -0.25) is 4.98 Å². The zero-order chi connectivity index (χ0) is 23.9. The minimum absolute atomic E-state index is 0.0198. The van der Waals surface area contributed by atoms with E-state index < -0.39 is 17.4 Å². The molecule has 0 radical (unpaired) electrons. The van der Waals surface area contributed by atoms with Crippen molar-refractivity contribution >= 4 is 10.9 Å². The smallest absolute Gasteiger partial charge is 0.416 e. The van der Waals surface area contributed by atoms with Gasteiger partial charge in [-0.2, -0.15) is 23.0 Å². The van der Waals surface area contributed by atoms with Crippen molar-refractivity contribution < 1.29 is 17.9 Å². The quantitative estimate of drug-likeness (QED) is 0.393. The molecule has 0 N–H and O–H groups in total. The van der Waals surface area contributed by atoms with Crippen LogP contribution in [0, 0.1) is 0 Å². The van der Waals surface area contributed by atoms with Crippen molar-refractivity contribution in [3.8, 4) is 17.4 Å². The Labute approximate surface area is 190 Å². The molecule has 11 heteroatoms. The van der Waals surface area contributed by atoms with Gasteiger partial charge in [0.2, 0.25) is 0 Å². The first-order chi connectivity index (χ1) is 16.3. The van der Waals surface area contributed by atoms with Gasteiger partial charge in [-0.1, -0.05) is 12.1 Å². The Morgan fingerprint density at radius 2 is 1.85 bits per heavy atom. The molecule has 3 aromatic heterocycles. The van der Waals surface area contributed by atoms with Gasteiger partial charge in [-0.15, -0.1) is 5.10 Å². The predicted octanol–water partition coefficient (Wildman–Crippen LogP) is 3.84. The highest BCUT2D eigenvalue weighted by molar-refractivity contribution is 5.80. The molecule has 0 fully saturated rings. The summed E-state index contributed by atoms with van der Waals surface area (Å²) in [5, 5.41) is 9.50. The Morgan fingerprint density at radius 3 is 2.59 bits per heavy atom. The van der Waals surface area contributed by atoms with Crippen LogP contribution in [0.4, 0.5) is 13.2 Å². The van der Waals surface area contributed by atoms with Gasteiger partial charge in [-0.05, 0) is 48.0 Å². The van der Waals surface area contributed by atoms with Gasteiger partial charge in [0.25, 0.3) is 0 Å². The highest BCUT2D eigenvalue weighted by Gasteiger charge is 2.30. The monoisotopic (exact) mass is 466 g/mol. The third-order valence-electron chi connectivity index (χ3n) is 5.25. The molecule has 0 bridgehead atoms. The third kappa shape index (κ3) is 3.91. The first kappa shape index (κ1) is 21.4. The largest absolute Gasteiger partial charge is 0.467 e. The van der Waals surface area contributed by atoms with E-state index >= 15 is 0 Å². The van der Waals surface area contributed by atoms with Gasteiger partial charge in [0.15, 0.2) is 0 Å². The van der Waals surface area contributed by atoms with Crippen molar-refractivity contribution in [3.05, 3.63) is 94.8 Å². The average Bonchev–Trinajstić information content (AvgIpc) is 3.40.